The molecule has 0 saturated carbocycles. The van der Waals surface area contributed by atoms with E-state index >= 15 is 0 Å². The normalized spacial score (nSPS) is 15.1. The van der Waals surface area contributed by atoms with Gasteiger partial charge in [0.25, 0.3) is 0 Å². The monoisotopic (exact) mass is 903 g/mol. The molecule has 71 heavy (non-hydrogen) atoms. The first kappa shape index (κ1) is 41.2. The first-order chi connectivity index (χ1) is 35.0. The van der Waals surface area contributed by atoms with E-state index in [-0.39, 0.29) is 5.41 Å². The molecule has 14 rings (SSSR count). The van der Waals surface area contributed by atoms with E-state index in [1.54, 1.807) is 0 Å². The minimum absolute atomic E-state index is 0.100. The standard InChI is InChI=1S/C70H49N/c1-69(2)62-30-16-12-29-58(62)61-44-53(36-39-63(61)69)71(68-33-19-15-26-55(68)48-24-10-5-11-25-48)54-35-38-60-57-28-14-18-32-65(57)70(67(60)45-54)64-31-17-13-27-56(64)59-37-34-49(43-66(59)70)52-41-50(46-20-6-3-7-21-46)40-51(42-52)47-22-8-4-9-23-47/h3-45H,1-2H3. The third-order valence-corrected chi connectivity index (χ3v) is 15.9. The van der Waals surface area contributed by atoms with E-state index in [2.05, 4.69) is 280 Å². The molecular formula is C70H49N. The van der Waals surface area contributed by atoms with Crippen molar-refractivity contribution < 1.29 is 0 Å². The summed E-state index contributed by atoms with van der Waals surface area (Å²) >= 11 is 0. The second-order valence-electron chi connectivity index (χ2n) is 20.0. The lowest BCUT2D eigenvalue weighted by atomic mass is 9.70. The van der Waals surface area contributed by atoms with Crippen LogP contribution in [0.1, 0.15) is 47.2 Å². The van der Waals surface area contributed by atoms with E-state index in [9.17, 15) is 0 Å². The summed E-state index contributed by atoms with van der Waals surface area (Å²) in [4.78, 5) is 2.52. The van der Waals surface area contributed by atoms with Gasteiger partial charge in [-0.15, -0.1) is 0 Å². The maximum Gasteiger partial charge on any atom is 0.0726 e. The molecule has 3 aliphatic carbocycles. The summed E-state index contributed by atoms with van der Waals surface area (Å²) in [7, 11) is 0. The fourth-order valence-electron chi connectivity index (χ4n) is 12.6. The highest BCUT2D eigenvalue weighted by Gasteiger charge is 2.52. The van der Waals surface area contributed by atoms with Crippen molar-refractivity contribution in [3.8, 4) is 77.9 Å². The zero-order valence-electron chi connectivity index (χ0n) is 39.8. The van der Waals surface area contributed by atoms with Crippen LogP contribution < -0.4 is 4.90 Å². The molecule has 1 heteroatoms. The molecule has 1 unspecified atom stereocenters. The van der Waals surface area contributed by atoms with Crippen molar-refractivity contribution in [3.05, 3.63) is 294 Å². The minimum atomic E-state index is -0.575. The molecule has 1 spiro atoms. The van der Waals surface area contributed by atoms with Gasteiger partial charge in [0.2, 0.25) is 0 Å². The summed E-state index contributed by atoms with van der Waals surface area (Å²) in [5, 5.41) is 0. The molecule has 0 aromatic heterocycles. The van der Waals surface area contributed by atoms with Gasteiger partial charge in [-0.25, -0.2) is 0 Å². The van der Waals surface area contributed by atoms with Crippen molar-refractivity contribution in [1.29, 1.82) is 0 Å². The summed E-state index contributed by atoms with van der Waals surface area (Å²) in [6.07, 6.45) is 0. The van der Waals surface area contributed by atoms with Gasteiger partial charge in [-0.2, -0.15) is 0 Å². The smallest absolute Gasteiger partial charge is 0.0726 e. The third-order valence-electron chi connectivity index (χ3n) is 15.9. The first-order valence-electron chi connectivity index (χ1n) is 24.9. The van der Waals surface area contributed by atoms with E-state index in [4.69, 9.17) is 0 Å². The van der Waals surface area contributed by atoms with E-state index in [1.165, 1.54) is 111 Å². The average Bonchev–Trinajstić information content (AvgIpc) is 3.99. The highest BCUT2D eigenvalue weighted by molar-refractivity contribution is 5.99. The Labute approximate surface area is 416 Å². The molecule has 3 aliphatic rings. The van der Waals surface area contributed by atoms with Crippen molar-refractivity contribution >= 4 is 17.1 Å². The molecule has 11 aromatic carbocycles. The maximum atomic E-state index is 2.53. The molecule has 1 atom stereocenters. The van der Waals surface area contributed by atoms with Crippen LogP contribution in [0.2, 0.25) is 0 Å². The highest BCUT2D eigenvalue weighted by Crippen LogP contribution is 2.64. The van der Waals surface area contributed by atoms with Crippen LogP contribution in [0.3, 0.4) is 0 Å². The number of hydrogen-bond donors (Lipinski definition) is 0. The number of para-hydroxylation sites is 1. The van der Waals surface area contributed by atoms with Gasteiger partial charge < -0.3 is 4.90 Å². The quantitative estimate of drug-likeness (QED) is 0.154. The Hall–Kier alpha value is -8.78. The summed E-state index contributed by atoms with van der Waals surface area (Å²) in [6.45, 7) is 4.73. The molecule has 0 saturated heterocycles. The van der Waals surface area contributed by atoms with Crippen LogP contribution in [0.4, 0.5) is 17.1 Å². The SMILES string of the molecule is CC1(C)c2ccccc2-c2cc(N(c3ccc4c(c3)C3(c5ccccc5-c5ccc(-c6cc(-c7ccccc7)cc(-c7ccccc7)c6)cc53)c3ccccc3-4)c3ccccc3-c3ccccc3)ccc21. The van der Waals surface area contributed by atoms with Crippen molar-refractivity contribution in [1.82, 2.24) is 0 Å². The molecular weight excluding hydrogens is 855 g/mol. The lowest BCUT2D eigenvalue weighted by molar-refractivity contribution is 0.660. The Morgan fingerprint density at radius 3 is 1.25 bits per heavy atom. The number of nitrogens with zero attached hydrogens (tertiary/aromatic N) is 1. The van der Waals surface area contributed by atoms with Gasteiger partial charge in [-0.1, -0.05) is 220 Å². The summed E-state index contributed by atoms with van der Waals surface area (Å²) in [6, 6.07) is 97.5. The van der Waals surface area contributed by atoms with Gasteiger partial charge in [0.15, 0.2) is 0 Å². The van der Waals surface area contributed by atoms with Gasteiger partial charge in [-0.3, -0.25) is 0 Å². The topological polar surface area (TPSA) is 3.24 Å². The maximum absolute atomic E-state index is 2.53. The van der Waals surface area contributed by atoms with Crippen LogP contribution in [0.25, 0.3) is 77.9 Å². The molecule has 0 amide bonds. The highest BCUT2D eigenvalue weighted by atomic mass is 15.1. The number of fused-ring (bicyclic) bond motifs is 13. The molecule has 0 radical (unpaired) electrons. The Bertz CT molecular complexity index is 3830. The Balaban J connectivity index is 1.02. The second-order valence-corrected chi connectivity index (χ2v) is 20.0. The fourth-order valence-corrected chi connectivity index (χ4v) is 12.6. The van der Waals surface area contributed by atoms with Crippen molar-refractivity contribution in [2.24, 2.45) is 0 Å². The van der Waals surface area contributed by atoms with Gasteiger partial charge in [0.05, 0.1) is 11.1 Å². The first-order valence-corrected chi connectivity index (χ1v) is 24.9. The average molecular weight is 904 g/mol. The molecule has 0 aliphatic heterocycles. The zero-order valence-corrected chi connectivity index (χ0v) is 39.8. The predicted octanol–water partition coefficient (Wildman–Crippen LogP) is 18.5. The molecule has 0 heterocycles. The largest absolute Gasteiger partial charge is 0.310 e. The number of hydrogen-bond acceptors (Lipinski definition) is 1. The van der Waals surface area contributed by atoms with E-state index in [0.717, 1.165) is 17.1 Å². The van der Waals surface area contributed by atoms with Crippen LogP contribution in [0.15, 0.2) is 261 Å². The van der Waals surface area contributed by atoms with Gasteiger partial charge in [-0.05, 0) is 160 Å². The van der Waals surface area contributed by atoms with Crippen molar-refractivity contribution in [2.75, 3.05) is 4.90 Å². The number of rotatable bonds is 7. The molecule has 0 fully saturated rings. The zero-order chi connectivity index (χ0) is 47.3. The van der Waals surface area contributed by atoms with Crippen LogP contribution in [0.5, 0.6) is 0 Å². The molecule has 334 valence electrons. The lowest BCUT2D eigenvalue weighted by Crippen LogP contribution is -2.26. The Morgan fingerprint density at radius 2 is 0.648 bits per heavy atom. The van der Waals surface area contributed by atoms with Crippen molar-refractivity contribution in [3.63, 3.8) is 0 Å². The van der Waals surface area contributed by atoms with Crippen LogP contribution in [-0.2, 0) is 10.8 Å². The fraction of sp³-hybridized carbons (Fsp3) is 0.0571. The van der Waals surface area contributed by atoms with Crippen LogP contribution in [0, 0.1) is 0 Å². The summed E-state index contributed by atoms with van der Waals surface area (Å²) < 4.78 is 0. The van der Waals surface area contributed by atoms with Gasteiger partial charge in [0, 0.05) is 22.4 Å². The van der Waals surface area contributed by atoms with Crippen LogP contribution in [-0.4, -0.2) is 0 Å². The third kappa shape index (κ3) is 6.19. The predicted molar refractivity (Wildman–Crippen MR) is 297 cm³/mol. The molecule has 1 nitrogen and oxygen atoms in total. The van der Waals surface area contributed by atoms with E-state index in [0.29, 0.717) is 0 Å². The van der Waals surface area contributed by atoms with Crippen molar-refractivity contribution in [2.45, 2.75) is 24.7 Å². The molecule has 0 N–H and O–H groups in total. The second kappa shape index (κ2) is 15.9. The van der Waals surface area contributed by atoms with E-state index < -0.39 is 5.41 Å². The van der Waals surface area contributed by atoms with E-state index in [1.807, 2.05) is 0 Å². The molecule has 0 bridgehead atoms. The Morgan fingerprint density at radius 1 is 0.239 bits per heavy atom. The Kier molecular flexibility index (Phi) is 9.22. The van der Waals surface area contributed by atoms with Crippen LogP contribution >= 0.6 is 0 Å². The van der Waals surface area contributed by atoms with Gasteiger partial charge in [0.1, 0.15) is 0 Å². The number of anilines is 3. The minimum Gasteiger partial charge on any atom is -0.310 e. The molecule has 11 aromatic rings. The van der Waals surface area contributed by atoms with Gasteiger partial charge >= 0.3 is 0 Å². The summed E-state index contributed by atoms with van der Waals surface area (Å²) in [5.41, 5.74) is 28.1. The number of benzene rings is 11. The summed E-state index contributed by atoms with van der Waals surface area (Å²) in [5.74, 6) is 0. The lowest BCUT2D eigenvalue weighted by Gasteiger charge is -2.33.